The summed E-state index contributed by atoms with van der Waals surface area (Å²) in [6.45, 7) is 1.98. The van der Waals surface area contributed by atoms with Crippen LogP contribution < -0.4 is 0 Å². The molecule has 7 heteroatoms. The molecule has 156 valence electrons. The number of hydrogen-bond acceptors (Lipinski definition) is 2. The molecule has 1 heterocycles. The molecule has 0 atom stereocenters. The Hall–Kier alpha value is -3.35. The predicted molar refractivity (Wildman–Crippen MR) is 109 cm³/mol. The summed E-state index contributed by atoms with van der Waals surface area (Å²) in [6, 6.07) is 13.5. The van der Waals surface area contributed by atoms with Crippen LogP contribution in [0, 0.1) is 0 Å². The van der Waals surface area contributed by atoms with Gasteiger partial charge in [0.05, 0.1) is 22.6 Å². The molecule has 0 bridgehead atoms. The molecule has 1 N–H and O–H groups in total. The topological polar surface area (TPSA) is 55.1 Å². The molecule has 0 aliphatic heterocycles. The lowest BCUT2D eigenvalue weighted by atomic mass is 10.0. The van der Waals surface area contributed by atoms with E-state index < -0.39 is 17.7 Å². The van der Waals surface area contributed by atoms with E-state index in [2.05, 4.69) is 5.10 Å². The zero-order valence-corrected chi connectivity index (χ0v) is 16.4. The van der Waals surface area contributed by atoms with Crippen LogP contribution in [0.4, 0.5) is 13.2 Å². The zero-order valence-electron chi connectivity index (χ0n) is 16.4. The van der Waals surface area contributed by atoms with E-state index in [0.717, 1.165) is 17.2 Å². The lowest BCUT2D eigenvalue weighted by molar-refractivity contribution is -0.137. The molecule has 30 heavy (non-hydrogen) atoms. The van der Waals surface area contributed by atoms with Crippen LogP contribution in [0.5, 0.6) is 0 Å². The second kappa shape index (κ2) is 8.98. The highest BCUT2D eigenvalue weighted by Crippen LogP contribution is 2.37. The van der Waals surface area contributed by atoms with Crippen LogP contribution in [0.2, 0.25) is 0 Å². The van der Waals surface area contributed by atoms with Gasteiger partial charge in [-0.05, 0) is 31.4 Å². The third-order valence-electron chi connectivity index (χ3n) is 4.61. The number of aromatic carboxylic acids is 1. The minimum atomic E-state index is -4.61. The molecular formula is C23H21F3N2O2. The monoisotopic (exact) mass is 414 g/mol. The molecule has 2 aromatic carbocycles. The van der Waals surface area contributed by atoms with Crippen molar-refractivity contribution >= 4 is 5.97 Å². The normalized spacial score (nSPS) is 11.9. The Labute approximate surface area is 172 Å². The number of halogens is 3. The van der Waals surface area contributed by atoms with E-state index in [9.17, 15) is 23.1 Å². The third kappa shape index (κ3) is 4.45. The van der Waals surface area contributed by atoms with E-state index in [1.54, 1.807) is 30.3 Å². The molecule has 0 amide bonds. The fraction of sp³-hybridized carbons (Fsp3) is 0.217. The largest absolute Gasteiger partial charge is 0.478 e. The van der Waals surface area contributed by atoms with Crippen molar-refractivity contribution in [1.82, 2.24) is 9.78 Å². The summed E-state index contributed by atoms with van der Waals surface area (Å²) in [5, 5.41) is 14.3. The fourth-order valence-corrected chi connectivity index (χ4v) is 3.30. The first-order chi connectivity index (χ1) is 14.3. The van der Waals surface area contributed by atoms with Gasteiger partial charge in [0.25, 0.3) is 0 Å². The zero-order chi connectivity index (χ0) is 21.7. The summed E-state index contributed by atoms with van der Waals surface area (Å²) in [5.41, 5.74) is -0.299. The van der Waals surface area contributed by atoms with Crippen LogP contribution >= 0.6 is 0 Å². The van der Waals surface area contributed by atoms with Crippen LogP contribution in [-0.2, 0) is 12.6 Å². The van der Waals surface area contributed by atoms with Crippen molar-refractivity contribution in [3.05, 3.63) is 83.6 Å². The van der Waals surface area contributed by atoms with Gasteiger partial charge in [0.1, 0.15) is 5.56 Å². The number of alkyl halides is 3. The lowest BCUT2D eigenvalue weighted by Gasteiger charge is -2.15. The maximum absolute atomic E-state index is 13.7. The van der Waals surface area contributed by atoms with Crippen LogP contribution in [0.3, 0.4) is 0 Å². The van der Waals surface area contributed by atoms with Crippen LogP contribution in [-0.4, -0.2) is 20.9 Å². The van der Waals surface area contributed by atoms with Crippen LogP contribution in [0.15, 0.2) is 66.7 Å². The van der Waals surface area contributed by atoms with Gasteiger partial charge in [0, 0.05) is 5.56 Å². The van der Waals surface area contributed by atoms with E-state index in [4.69, 9.17) is 0 Å². The van der Waals surface area contributed by atoms with Gasteiger partial charge in [0.2, 0.25) is 0 Å². The lowest BCUT2D eigenvalue weighted by Crippen LogP contribution is -2.12. The van der Waals surface area contributed by atoms with Crippen molar-refractivity contribution in [2.75, 3.05) is 0 Å². The number of aryl methyl sites for hydroxylation is 1. The van der Waals surface area contributed by atoms with Gasteiger partial charge < -0.3 is 5.11 Å². The fourth-order valence-electron chi connectivity index (χ4n) is 3.30. The number of allylic oxidation sites excluding steroid dienone is 2. The Bertz CT molecular complexity index is 1050. The molecule has 0 fully saturated rings. The number of benzene rings is 2. The molecule has 4 nitrogen and oxygen atoms in total. The number of carboxylic acids is 1. The SMILES string of the molecule is CC/C=C\CCc1nn(-c2ccccc2C(F)(F)F)c(-c2ccccc2)c1C(=O)O. The van der Waals surface area contributed by atoms with Crippen molar-refractivity contribution in [3.63, 3.8) is 0 Å². The highest BCUT2D eigenvalue weighted by Gasteiger charge is 2.35. The summed E-state index contributed by atoms with van der Waals surface area (Å²) in [7, 11) is 0. The minimum absolute atomic E-state index is 0.0805. The van der Waals surface area contributed by atoms with Gasteiger partial charge in [-0.2, -0.15) is 18.3 Å². The van der Waals surface area contributed by atoms with E-state index in [-0.39, 0.29) is 22.6 Å². The van der Waals surface area contributed by atoms with Crippen LogP contribution in [0.25, 0.3) is 16.9 Å². The molecular weight excluding hydrogens is 393 g/mol. The quantitative estimate of drug-likeness (QED) is 0.472. The van der Waals surface area contributed by atoms with E-state index in [0.29, 0.717) is 18.4 Å². The Balaban J connectivity index is 2.28. The third-order valence-corrected chi connectivity index (χ3v) is 4.61. The van der Waals surface area contributed by atoms with E-state index in [1.165, 1.54) is 18.2 Å². The maximum Gasteiger partial charge on any atom is 0.418 e. The number of aromatic nitrogens is 2. The van der Waals surface area contributed by atoms with Crippen molar-refractivity contribution < 1.29 is 23.1 Å². The Kier molecular flexibility index (Phi) is 6.40. The first-order valence-electron chi connectivity index (χ1n) is 9.56. The van der Waals surface area contributed by atoms with Crippen molar-refractivity contribution in [2.24, 2.45) is 0 Å². The second-order valence-electron chi connectivity index (χ2n) is 6.69. The molecule has 3 aromatic rings. The van der Waals surface area contributed by atoms with Gasteiger partial charge in [-0.1, -0.05) is 61.5 Å². The average Bonchev–Trinajstić information content (AvgIpc) is 3.11. The molecule has 0 saturated carbocycles. The molecule has 0 unspecified atom stereocenters. The first kappa shape index (κ1) is 21.4. The van der Waals surface area contributed by atoms with Gasteiger partial charge in [0.15, 0.2) is 0 Å². The molecule has 0 radical (unpaired) electrons. The number of nitrogens with zero attached hydrogens (tertiary/aromatic N) is 2. The van der Waals surface area contributed by atoms with Crippen molar-refractivity contribution in [3.8, 4) is 16.9 Å². The van der Waals surface area contributed by atoms with Gasteiger partial charge >= 0.3 is 12.1 Å². The number of rotatable bonds is 7. The summed E-state index contributed by atoms with van der Waals surface area (Å²) in [6.07, 6.45) is 0.947. The number of carbonyl (C=O) groups is 1. The minimum Gasteiger partial charge on any atom is -0.478 e. The highest BCUT2D eigenvalue weighted by molar-refractivity contribution is 5.96. The van der Waals surface area contributed by atoms with Gasteiger partial charge in [-0.3, -0.25) is 0 Å². The predicted octanol–water partition coefficient (Wildman–Crippen LogP) is 6.16. The summed E-state index contributed by atoms with van der Waals surface area (Å²) in [5.74, 6) is -1.22. The Morgan fingerprint density at radius 1 is 1.07 bits per heavy atom. The molecule has 0 saturated heterocycles. The second-order valence-corrected chi connectivity index (χ2v) is 6.69. The number of carboxylic acid groups (broad SMARTS) is 1. The highest BCUT2D eigenvalue weighted by atomic mass is 19.4. The number of para-hydroxylation sites is 1. The molecule has 0 aliphatic rings. The average molecular weight is 414 g/mol. The molecule has 0 spiro atoms. The van der Waals surface area contributed by atoms with Crippen molar-refractivity contribution in [1.29, 1.82) is 0 Å². The van der Waals surface area contributed by atoms with Crippen molar-refractivity contribution in [2.45, 2.75) is 32.4 Å². The van der Waals surface area contributed by atoms with E-state index in [1.807, 2.05) is 19.1 Å². The van der Waals surface area contributed by atoms with Gasteiger partial charge in [-0.25, -0.2) is 9.48 Å². The summed E-state index contributed by atoms with van der Waals surface area (Å²) >= 11 is 0. The van der Waals surface area contributed by atoms with Crippen LogP contribution in [0.1, 0.15) is 41.4 Å². The number of hydrogen-bond donors (Lipinski definition) is 1. The first-order valence-corrected chi connectivity index (χ1v) is 9.56. The molecule has 1 aromatic heterocycles. The smallest absolute Gasteiger partial charge is 0.418 e. The van der Waals surface area contributed by atoms with Gasteiger partial charge in [-0.15, -0.1) is 0 Å². The summed E-state index contributed by atoms with van der Waals surface area (Å²) < 4.78 is 42.1. The Morgan fingerprint density at radius 3 is 2.37 bits per heavy atom. The summed E-state index contributed by atoms with van der Waals surface area (Å²) in [4.78, 5) is 12.1. The Morgan fingerprint density at radius 2 is 1.73 bits per heavy atom. The molecule has 0 aliphatic carbocycles. The maximum atomic E-state index is 13.7. The standard InChI is InChI=1S/C23H21F3N2O2/c1-2-3-4-8-14-18-20(22(29)30)21(16-11-6-5-7-12-16)28(27-18)19-15-10-9-13-17(19)23(24,25)26/h3-7,9-13,15H,2,8,14H2,1H3,(H,29,30)/b4-3-. The van der Waals surface area contributed by atoms with E-state index >= 15 is 0 Å². The molecule has 3 rings (SSSR count).